The Bertz CT molecular complexity index is 624. The molecule has 0 fully saturated rings. The first-order valence-electron chi connectivity index (χ1n) is 6.33. The molecule has 0 radical (unpaired) electrons. The summed E-state index contributed by atoms with van der Waals surface area (Å²) >= 11 is 0. The molecule has 1 atom stereocenters. The molecule has 2 aliphatic carbocycles. The normalized spacial score (nSPS) is 23.7. The standard InChI is InChI=1S/C16H18O3/c1-7-6-12-9(3)11(5)14(16(18)19)15(17)13(12)10(4)8(7)2/h6,13H,1-5H3,(H,18,19). The fraction of sp³-hybridized carbons (Fsp3) is 0.375. The summed E-state index contributed by atoms with van der Waals surface area (Å²) < 4.78 is 0. The topological polar surface area (TPSA) is 54.4 Å². The number of fused-ring (bicyclic) bond motifs is 1. The van der Waals surface area contributed by atoms with Crippen LogP contribution in [-0.4, -0.2) is 16.9 Å². The van der Waals surface area contributed by atoms with Crippen LogP contribution in [0.25, 0.3) is 0 Å². The third-order valence-electron chi connectivity index (χ3n) is 4.39. The molecule has 100 valence electrons. The van der Waals surface area contributed by atoms with Crippen LogP contribution in [0.3, 0.4) is 0 Å². The van der Waals surface area contributed by atoms with E-state index in [0.29, 0.717) is 5.57 Å². The molecule has 2 aliphatic rings. The first kappa shape index (κ1) is 13.5. The van der Waals surface area contributed by atoms with Crippen LogP contribution in [0, 0.1) is 5.92 Å². The Morgan fingerprint density at radius 3 is 2.16 bits per heavy atom. The largest absolute Gasteiger partial charge is 0.478 e. The Morgan fingerprint density at radius 1 is 1.05 bits per heavy atom. The van der Waals surface area contributed by atoms with E-state index in [9.17, 15) is 14.7 Å². The molecule has 1 N–H and O–H groups in total. The molecule has 0 saturated carbocycles. The maximum Gasteiger partial charge on any atom is 0.339 e. The van der Waals surface area contributed by atoms with Gasteiger partial charge in [-0.15, -0.1) is 0 Å². The van der Waals surface area contributed by atoms with E-state index in [4.69, 9.17) is 0 Å². The number of Topliss-reactive ketones (excluding diaryl/α,β-unsaturated/α-hetero) is 1. The molecule has 0 heterocycles. The maximum atomic E-state index is 12.5. The molecule has 1 unspecified atom stereocenters. The number of rotatable bonds is 1. The van der Waals surface area contributed by atoms with E-state index in [1.54, 1.807) is 6.92 Å². The van der Waals surface area contributed by atoms with Crippen molar-refractivity contribution in [3.8, 4) is 0 Å². The van der Waals surface area contributed by atoms with Crippen LogP contribution in [0.5, 0.6) is 0 Å². The molecular weight excluding hydrogens is 240 g/mol. The lowest BCUT2D eigenvalue weighted by molar-refractivity contribution is -0.135. The van der Waals surface area contributed by atoms with Gasteiger partial charge in [-0.05, 0) is 62.5 Å². The highest BCUT2D eigenvalue weighted by Crippen LogP contribution is 2.42. The zero-order valence-corrected chi connectivity index (χ0v) is 11.9. The van der Waals surface area contributed by atoms with Gasteiger partial charge < -0.3 is 5.11 Å². The van der Waals surface area contributed by atoms with E-state index in [0.717, 1.165) is 27.9 Å². The van der Waals surface area contributed by atoms with Crippen molar-refractivity contribution in [2.45, 2.75) is 34.6 Å². The fourth-order valence-electron chi connectivity index (χ4n) is 2.85. The van der Waals surface area contributed by atoms with Gasteiger partial charge in [-0.2, -0.15) is 0 Å². The molecule has 0 aromatic rings. The first-order valence-corrected chi connectivity index (χ1v) is 6.33. The summed E-state index contributed by atoms with van der Waals surface area (Å²) in [6.07, 6.45) is 2.02. The number of allylic oxidation sites excluding steroid dienone is 7. The van der Waals surface area contributed by atoms with Gasteiger partial charge >= 0.3 is 5.97 Å². The zero-order chi connectivity index (χ0) is 14.5. The molecule has 0 saturated heterocycles. The Labute approximate surface area is 113 Å². The minimum absolute atomic E-state index is 0.0636. The molecule has 19 heavy (non-hydrogen) atoms. The number of carboxylic acid groups (broad SMARTS) is 1. The second-order valence-electron chi connectivity index (χ2n) is 5.32. The molecule has 3 heteroatoms. The highest BCUT2D eigenvalue weighted by atomic mass is 16.4. The van der Waals surface area contributed by atoms with E-state index in [1.807, 2.05) is 33.8 Å². The number of carboxylic acids is 1. The van der Waals surface area contributed by atoms with Crippen LogP contribution in [0.4, 0.5) is 0 Å². The van der Waals surface area contributed by atoms with E-state index in [1.165, 1.54) is 0 Å². The lowest BCUT2D eigenvalue weighted by atomic mass is 9.71. The molecule has 0 spiro atoms. The molecule has 3 nitrogen and oxygen atoms in total. The number of ketones is 1. The minimum Gasteiger partial charge on any atom is -0.478 e. The number of aliphatic carboxylic acids is 1. The second-order valence-corrected chi connectivity index (χ2v) is 5.32. The summed E-state index contributed by atoms with van der Waals surface area (Å²) in [5, 5.41) is 9.26. The van der Waals surface area contributed by atoms with Gasteiger partial charge in [0.05, 0.1) is 5.92 Å². The average molecular weight is 258 g/mol. The summed E-state index contributed by atoms with van der Waals surface area (Å²) in [7, 11) is 0. The molecule has 0 aliphatic heterocycles. The van der Waals surface area contributed by atoms with Crippen molar-refractivity contribution >= 4 is 11.8 Å². The van der Waals surface area contributed by atoms with Crippen molar-refractivity contribution < 1.29 is 14.7 Å². The number of carbonyl (C=O) groups is 2. The summed E-state index contributed by atoms with van der Waals surface area (Å²) in [5.74, 6) is -1.83. The summed E-state index contributed by atoms with van der Waals surface area (Å²) in [4.78, 5) is 23.8. The maximum absolute atomic E-state index is 12.5. The molecule has 0 aromatic carbocycles. The molecule has 0 bridgehead atoms. The number of carbonyl (C=O) groups excluding carboxylic acids is 1. The molecule has 2 rings (SSSR count). The van der Waals surface area contributed by atoms with E-state index < -0.39 is 11.9 Å². The van der Waals surface area contributed by atoms with Crippen LogP contribution < -0.4 is 0 Å². The van der Waals surface area contributed by atoms with E-state index >= 15 is 0 Å². The van der Waals surface area contributed by atoms with Crippen LogP contribution in [0.1, 0.15) is 34.6 Å². The van der Waals surface area contributed by atoms with Crippen molar-refractivity contribution in [1.82, 2.24) is 0 Å². The summed E-state index contributed by atoms with van der Waals surface area (Å²) in [6, 6.07) is 0. The van der Waals surface area contributed by atoms with Gasteiger partial charge in [0.2, 0.25) is 0 Å². The third-order valence-corrected chi connectivity index (χ3v) is 4.39. The quantitative estimate of drug-likeness (QED) is 0.735. The van der Waals surface area contributed by atoms with Crippen LogP contribution in [-0.2, 0) is 9.59 Å². The number of hydrogen-bond acceptors (Lipinski definition) is 2. The zero-order valence-electron chi connectivity index (χ0n) is 11.9. The van der Waals surface area contributed by atoms with E-state index in [-0.39, 0.29) is 11.4 Å². The van der Waals surface area contributed by atoms with E-state index in [2.05, 4.69) is 0 Å². The van der Waals surface area contributed by atoms with Gasteiger partial charge in [0.15, 0.2) is 5.78 Å². The van der Waals surface area contributed by atoms with Crippen molar-refractivity contribution in [3.63, 3.8) is 0 Å². The smallest absolute Gasteiger partial charge is 0.339 e. The monoisotopic (exact) mass is 258 g/mol. The number of hydrogen-bond donors (Lipinski definition) is 1. The van der Waals surface area contributed by atoms with Crippen molar-refractivity contribution in [2.75, 3.05) is 0 Å². The first-order chi connectivity index (χ1) is 8.77. The van der Waals surface area contributed by atoms with Gasteiger partial charge in [-0.1, -0.05) is 11.6 Å². The van der Waals surface area contributed by atoms with Crippen LogP contribution in [0.15, 0.2) is 45.1 Å². The Balaban J connectivity index is 2.76. The Morgan fingerprint density at radius 2 is 1.63 bits per heavy atom. The molecular formula is C16H18O3. The Kier molecular flexibility index (Phi) is 3.09. The van der Waals surface area contributed by atoms with Crippen LogP contribution >= 0.6 is 0 Å². The predicted molar refractivity (Wildman–Crippen MR) is 73.7 cm³/mol. The minimum atomic E-state index is -1.13. The van der Waals surface area contributed by atoms with Gasteiger partial charge in [-0.3, -0.25) is 4.79 Å². The van der Waals surface area contributed by atoms with Gasteiger partial charge in [0, 0.05) is 0 Å². The highest BCUT2D eigenvalue weighted by Gasteiger charge is 2.38. The van der Waals surface area contributed by atoms with Gasteiger partial charge in [0.25, 0.3) is 0 Å². The molecule has 0 amide bonds. The lowest BCUT2D eigenvalue weighted by Crippen LogP contribution is -2.31. The van der Waals surface area contributed by atoms with Crippen LogP contribution in [0.2, 0.25) is 0 Å². The molecule has 0 aromatic heterocycles. The van der Waals surface area contributed by atoms with Crippen molar-refractivity contribution in [3.05, 3.63) is 45.1 Å². The third kappa shape index (κ3) is 1.81. The highest BCUT2D eigenvalue weighted by molar-refractivity contribution is 6.21. The second kappa shape index (κ2) is 4.34. The predicted octanol–water partition coefficient (Wildman–Crippen LogP) is 3.20. The van der Waals surface area contributed by atoms with Crippen molar-refractivity contribution in [2.24, 2.45) is 5.92 Å². The van der Waals surface area contributed by atoms with Crippen molar-refractivity contribution in [1.29, 1.82) is 0 Å². The van der Waals surface area contributed by atoms with Gasteiger partial charge in [0.1, 0.15) is 5.57 Å². The van der Waals surface area contributed by atoms with Gasteiger partial charge in [-0.25, -0.2) is 4.79 Å². The lowest BCUT2D eigenvalue weighted by Gasteiger charge is -2.31. The SMILES string of the molecule is CC1=CC2=C(C)C(C)=C(C(=O)O)C(=O)C2C(C)=C1C. The fourth-order valence-corrected chi connectivity index (χ4v) is 2.85. The summed E-state index contributed by atoms with van der Waals surface area (Å²) in [6.45, 7) is 9.52. The average Bonchev–Trinajstić information content (AvgIpc) is 2.32. The Hall–Kier alpha value is -1.90. The summed E-state index contributed by atoms with van der Waals surface area (Å²) in [5.41, 5.74) is 5.57.